The Morgan fingerprint density at radius 3 is 1.98 bits per heavy atom. The van der Waals surface area contributed by atoms with E-state index >= 15 is 0 Å². The van der Waals surface area contributed by atoms with Gasteiger partial charge >= 0.3 is 0 Å². The molecule has 1 aliphatic rings. The van der Waals surface area contributed by atoms with Gasteiger partial charge in [0.2, 0.25) is 5.95 Å². The second-order valence-electron chi connectivity index (χ2n) is 11.8. The number of para-hydroxylation sites is 1. The van der Waals surface area contributed by atoms with Crippen molar-refractivity contribution in [1.29, 1.82) is 0 Å². The Balaban J connectivity index is 1.33. The van der Waals surface area contributed by atoms with Crippen LogP contribution in [0.4, 0.5) is 17.1 Å². The summed E-state index contributed by atoms with van der Waals surface area (Å²) in [6.45, 7) is 0. The molecule has 10 rings (SSSR count). The van der Waals surface area contributed by atoms with Crippen molar-refractivity contribution in [1.82, 2.24) is 29.5 Å². The Morgan fingerprint density at radius 2 is 1.25 bits per heavy atom. The summed E-state index contributed by atoms with van der Waals surface area (Å²) in [5.41, 5.74) is 10.6. The highest BCUT2D eigenvalue weighted by Gasteiger charge is 2.30. The first kappa shape index (κ1) is 26.5. The molecule has 224 valence electrons. The number of anilines is 3. The van der Waals surface area contributed by atoms with Crippen molar-refractivity contribution in [3.05, 3.63) is 152 Å². The third kappa shape index (κ3) is 3.91. The molecule has 6 heterocycles. The summed E-state index contributed by atoms with van der Waals surface area (Å²) >= 11 is 0. The van der Waals surface area contributed by atoms with Gasteiger partial charge in [-0.3, -0.25) is 19.5 Å². The fourth-order valence-electron chi connectivity index (χ4n) is 7.14. The fourth-order valence-corrected chi connectivity index (χ4v) is 7.14. The molecule has 0 atom stereocenters. The lowest BCUT2D eigenvalue weighted by Crippen LogP contribution is -2.15. The molecule has 7 nitrogen and oxygen atoms in total. The molecule has 0 fully saturated rings. The van der Waals surface area contributed by atoms with E-state index in [0.717, 1.165) is 67.2 Å². The summed E-state index contributed by atoms with van der Waals surface area (Å²) in [6, 6.07) is 43.8. The summed E-state index contributed by atoms with van der Waals surface area (Å²) in [4.78, 5) is 26.5. The number of hydrogen-bond donors (Lipinski definition) is 0. The molecule has 48 heavy (non-hydrogen) atoms. The normalized spacial score (nSPS) is 12.1. The number of pyridine rings is 3. The predicted molar refractivity (Wildman–Crippen MR) is 192 cm³/mol. The minimum absolute atomic E-state index is 0.552. The van der Waals surface area contributed by atoms with Gasteiger partial charge in [-0.15, -0.1) is 0 Å². The van der Waals surface area contributed by atoms with Gasteiger partial charge in [-0.1, -0.05) is 66.7 Å². The molecule has 0 bridgehead atoms. The van der Waals surface area contributed by atoms with Gasteiger partial charge in [-0.25, -0.2) is 9.97 Å². The maximum atomic E-state index is 5.17. The summed E-state index contributed by atoms with van der Waals surface area (Å²) in [6.07, 6.45) is 7.33. The molecule has 0 amide bonds. The van der Waals surface area contributed by atoms with Crippen LogP contribution in [0.25, 0.3) is 72.4 Å². The van der Waals surface area contributed by atoms with Crippen molar-refractivity contribution in [2.45, 2.75) is 0 Å². The largest absolute Gasteiger partial charge is 0.307 e. The Kier molecular flexibility index (Phi) is 5.74. The zero-order valence-corrected chi connectivity index (χ0v) is 25.6. The maximum absolute atomic E-state index is 5.17. The average Bonchev–Trinajstić information content (AvgIpc) is 3.51. The van der Waals surface area contributed by atoms with E-state index in [9.17, 15) is 0 Å². The molecule has 0 saturated heterocycles. The van der Waals surface area contributed by atoms with E-state index < -0.39 is 0 Å². The van der Waals surface area contributed by atoms with Gasteiger partial charge in [0.1, 0.15) is 0 Å². The molecule has 7 heteroatoms. The summed E-state index contributed by atoms with van der Waals surface area (Å²) in [5, 5.41) is 4.65. The highest BCUT2D eigenvalue weighted by atomic mass is 15.2. The highest BCUT2D eigenvalue weighted by molar-refractivity contribution is 6.24. The lowest BCUT2D eigenvalue weighted by atomic mass is 9.89. The van der Waals surface area contributed by atoms with Gasteiger partial charge in [0.15, 0.2) is 0 Å². The number of fused-ring (bicyclic) bond motifs is 6. The van der Waals surface area contributed by atoms with Crippen LogP contribution < -0.4 is 4.90 Å². The van der Waals surface area contributed by atoms with E-state index in [1.165, 1.54) is 16.3 Å². The van der Waals surface area contributed by atoms with E-state index in [-0.39, 0.29) is 0 Å². The number of aromatic nitrogens is 6. The molecule has 9 aromatic rings. The number of hydrogen-bond acceptors (Lipinski definition) is 6. The first-order valence-electron chi connectivity index (χ1n) is 15.8. The molecular weight excluding hydrogens is 591 g/mol. The topological polar surface area (TPSA) is 72.6 Å². The van der Waals surface area contributed by atoms with Gasteiger partial charge < -0.3 is 4.90 Å². The third-order valence-electron chi connectivity index (χ3n) is 9.12. The molecular formula is C41H25N7. The predicted octanol–water partition coefficient (Wildman–Crippen LogP) is 9.70. The standard InChI is InChI=1S/C41H25N7/c1-2-17-35-30(13-1)39-37(48(35)41-45-33(31-15-3-5-22-43-31)24-34(46-41)32-16-4-6-23-44-32)20-19-29-28-14-7-10-26-11-8-18-36(38(26)28)47(40(29)39)27-12-9-21-42-25-27/h1-25H. The van der Waals surface area contributed by atoms with Crippen molar-refractivity contribution in [2.24, 2.45) is 0 Å². The lowest BCUT2D eigenvalue weighted by molar-refractivity contribution is 0.988. The molecule has 4 aromatic carbocycles. The van der Waals surface area contributed by atoms with E-state index in [1.807, 2.05) is 60.9 Å². The van der Waals surface area contributed by atoms with Crippen LogP contribution in [0.15, 0.2) is 152 Å². The minimum Gasteiger partial charge on any atom is -0.307 e. The fraction of sp³-hybridized carbons (Fsp3) is 0. The molecule has 5 aromatic heterocycles. The molecule has 1 aliphatic heterocycles. The monoisotopic (exact) mass is 615 g/mol. The van der Waals surface area contributed by atoms with Crippen molar-refractivity contribution in [3.8, 4) is 39.9 Å². The smallest absolute Gasteiger partial charge is 0.235 e. The number of benzene rings is 4. The molecule has 0 spiro atoms. The zero-order valence-electron chi connectivity index (χ0n) is 25.6. The van der Waals surface area contributed by atoms with E-state index in [0.29, 0.717) is 5.95 Å². The van der Waals surface area contributed by atoms with Gasteiger partial charge in [-0.05, 0) is 71.6 Å². The summed E-state index contributed by atoms with van der Waals surface area (Å²) < 4.78 is 2.17. The minimum atomic E-state index is 0.552. The lowest BCUT2D eigenvalue weighted by Gasteiger charge is -2.34. The van der Waals surface area contributed by atoms with Crippen molar-refractivity contribution >= 4 is 49.6 Å². The van der Waals surface area contributed by atoms with Gasteiger partial charge in [-0.2, -0.15) is 0 Å². The first-order chi connectivity index (χ1) is 23.8. The van der Waals surface area contributed by atoms with Crippen LogP contribution in [0.1, 0.15) is 0 Å². The first-order valence-corrected chi connectivity index (χ1v) is 15.8. The summed E-state index contributed by atoms with van der Waals surface area (Å²) in [5.74, 6) is 0.552. The van der Waals surface area contributed by atoms with Crippen molar-refractivity contribution < 1.29 is 0 Å². The van der Waals surface area contributed by atoms with Crippen LogP contribution >= 0.6 is 0 Å². The highest BCUT2D eigenvalue weighted by Crippen LogP contribution is 2.54. The summed E-state index contributed by atoms with van der Waals surface area (Å²) in [7, 11) is 0. The molecule has 0 N–H and O–H groups in total. The van der Waals surface area contributed by atoms with Crippen LogP contribution in [0.5, 0.6) is 0 Å². The molecule has 0 saturated carbocycles. The second-order valence-corrected chi connectivity index (χ2v) is 11.8. The SMILES string of the molecule is c1ccc(-c2cc(-c3ccccn3)nc(-n3c4ccccc4c4c5c(ccc43)-c3cccc4cccc(c34)N5c3cccnc3)n2)nc1. The Morgan fingerprint density at radius 1 is 0.500 bits per heavy atom. The van der Waals surface area contributed by atoms with E-state index in [4.69, 9.17) is 9.97 Å². The average molecular weight is 616 g/mol. The van der Waals surface area contributed by atoms with Crippen LogP contribution in [0.3, 0.4) is 0 Å². The van der Waals surface area contributed by atoms with E-state index in [2.05, 4.69) is 103 Å². The Hall–Kier alpha value is -6.73. The van der Waals surface area contributed by atoms with Crippen LogP contribution in [0.2, 0.25) is 0 Å². The maximum Gasteiger partial charge on any atom is 0.235 e. The molecule has 0 aliphatic carbocycles. The van der Waals surface area contributed by atoms with E-state index in [1.54, 1.807) is 12.4 Å². The van der Waals surface area contributed by atoms with Gasteiger partial charge in [0, 0.05) is 40.3 Å². The Bertz CT molecular complexity index is 2610. The second kappa shape index (κ2) is 10.4. The van der Waals surface area contributed by atoms with Gasteiger partial charge in [0.05, 0.1) is 57.1 Å². The molecule has 0 radical (unpaired) electrons. The van der Waals surface area contributed by atoms with Crippen molar-refractivity contribution in [2.75, 3.05) is 4.90 Å². The quantitative estimate of drug-likeness (QED) is 0.196. The van der Waals surface area contributed by atoms with Crippen LogP contribution in [-0.4, -0.2) is 29.5 Å². The van der Waals surface area contributed by atoms with Crippen LogP contribution in [-0.2, 0) is 0 Å². The Labute approximate surface area is 275 Å². The number of rotatable bonds is 4. The van der Waals surface area contributed by atoms with Gasteiger partial charge in [0.25, 0.3) is 0 Å². The molecule has 0 unspecified atom stereocenters. The third-order valence-corrected chi connectivity index (χ3v) is 9.12. The van der Waals surface area contributed by atoms with Crippen molar-refractivity contribution in [3.63, 3.8) is 0 Å². The number of nitrogens with zero attached hydrogens (tertiary/aromatic N) is 7. The zero-order chi connectivity index (χ0) is 31.6. The van der Waals surface area contributed by atoms with Crippen LogP contribution in [0, 0.1) is 0 Å².